The molecule has 7 nitrogen and oxygen atoms in total. The molecular weight excluding hydrogens is 250 g/mol. The summed E-state index contributed by atoms with van der Waals surface area (Å²) in [5.74, 6) is -0.582. The number of amides is 3. The Bertz CT molecular complexity index is 323. The Kier molecular flexibility index (Phi) is 7.55. The van der Waals surface area contributed by atoms with Crippen LogP contribution in [-0.2, 0) is 14.3 Å². The van der Waals surface area contributed by atoms with E-state index in [9.17, 15) is 14.4 Å². The maximum atomic E-state index is 11.3. The molecule has 0 unspecified atom stereocenters. The molecule has 110 valence electrons. The molecule has 0 fully saturated rings. The van der Waals surface area contributed by atoms with Gasteiger partial charge in [-0.05, 0) is 27.2 Å². The topological polar surface area (TPSA) is 111 Å². The van der Waals surface area contributed by atoms with Gasteiger partial charge in [-0.3, -0.25) is 9.59 Å². The van der Waals surface area contributed by atoms with Gasteiger partial charge < -0.3 is 21.1 Å². The fourth-order valence-corrected chi connectivity index (χ4v) is 1.17. The molecule has 19 heavy (non-hydrogen) atoms. The van der Waals surface area contributed by atoms with Crippen molar-refractivity contribution in [2.45, 2.75) is 45.6 Å². The number of alkyl carbamates (subject to hydrolysis) is 1. The zero-order valence-electron chi connectivity index (χ0n) is 11.7. The van der Waals surface area contributed by atoms with Crippen molar-refractivity contribution in [1.29, 1.82) is 0 Å². The van der Waals surface area contributed by atoms with Gasteiger partial charge in [-0.25, -0.2) is 4.79 Å². The number of primary amides is 1. The van der Waals surface area contributed by atoms with Gasteiger partial charge in [-0.1, -0.05) is 0 Å². The highest BCUT2D eigenvalue weighted by Crippen LogP contribution is 2.06. The zero-order chi connectivity index (χ0) is 14.9. The first-order valence-corrected chi connectivity index (χ1v) is 6.22. The van der Waals surface area contributed by atoms with E-state index in [-0.39, 0.29) is 31.2 Å². The second-order valence-electron chi connectivity index (χ2n) is 5.10. The molecule has 0 aliphatic heterocycles. The number of hydrogen-bond donors (Lipinski definition) is 3. The van der Waals surface area contributed by atoms with Gasteiger partial charge in [0.05, 0.1) is 0 Å². The van der Waals surface area contributed by atoms with Crippen molar-refractivity contribution >= 4 is 17.9 Å². The lowest BCUT2D eigenvalue weighted by atomic mass is 10.2. The maximum Gasteiger partial charge on any atom is 0.407 e. The summed E-state index contributed by atoms with van der Waals surface area (Å²) in [6.07, 6.45) is 0.376. The summed E-state index contributed by atoms with van der Waals surface area (Å²) < 4.78 is 5.01. The molecule has 0 heterocycles. The van der Waals surface area contributed by atoms with E-state index in [1.54, 1.807) is 20.8 Å². The second-order valence-corrected chi connectivity index (χ2v) is 5.10. The first kappa shape index (κ1) is 17.2. The van der Waals surface area contributed by atoms with Gasteiger partial charge in [0, 0.05) is 25.9 Å². The fraction of sp³-hybridized carbons (Fsp3) is 0.750. The summed E-state index contributed by atoms with van der Waals surface area (Å²) in [6.45, 7) is 5.89. The van der Waals surface area contributed by atoms with Gasteiger partial charge >= 0.3 is 6.09 Å². The van der Waals surface area contributed by atoms with Crippen LogP contribution in [0.1, 0.15) is 40.0 Å². The van der Waals surface area contributed by atoms with Crippen LogP contribution in [0, 0.1) is 0 Å². The summed E-state index contributed by atoms with van der Waals surface area (Å²) in [5.41, 5.74) is 4.41. The van der Waals surface area contributed by atoms with E-state index < -0.39 is 11.7 Å². The van der Waals surface area contributed by atoms with E-state index in [0.717, 1.165) is 0 Å². The van der Waals surface area contributed by atoms with Crippen LogP contribution in [-0.4, -0.2) is 36.6 Å². The predicted molar refractivity (Wildman–Crippen MR) is 70.3 cm³/mol. The standard InChI is InChI=1S/C12H23N3O4/c1-12(2,3)19-11(18)15-8-6-10(17)14-7-4-5-9(13)16/h4-8H2,1-3H3,(H2,13,16)(H,14,17)(H,15,18). The molecule has 0 aromatic heterocycles. The summed E-state index contributed by atoms with van der Waals surface area (Å²) >= 11 is 0. The lowest BCUT2D eigenvalue weighted by Crippen LogP contribution is -2.35. The van der Waals surface area contributed by atoms with Crippen LogP contribution in [0.4, 0.5) is 4.79 Å². The van der Waals surface area contributed by atoms with E-state index in [4.69, 9.17) is 10.5 Å². The molecule has 0 spiro atoms. The average Bonchev–Trinajstić information content (AvgIpc) is 2.21. The highest BCUT2D eigenvalue weighted by atomic mass is 16.6. The molecule has 0 saturated carbocycles. The molecule has 0 aromatic carbocycles. The lowest BCUT2D eigenvalue weighted by molar-refractivity contribution is -0.121. The molecule has 0 aliphatic carbocycles. The third kappa shape index (κ3) is 12.5. The van der Waals surface area contributed by atoms with Crippen molar-refractivity contribution in [3.05, 3.63) is 0 Å². The molecule has 0 rings (SSSR count). The Morgan fingerprint density at radius 2 is 1.68 bits per heavy atom. The van der Waals surface area contributed by atoms with E-state index in [2.05, 4.69) is 10.6 Å². The first-order chi connectivity index (χ1) is 8.70. The normalized spacial score (nSPS) is 10.7. The third-order valence-corrected chi connectivity index (χ3v) is 1.94. The van der Waals surface area contributed by atoms with Crippen molar-refractivity contribution in [3.8, 4) is 0 Å². The fourth-order valence-electron chi connectivity index (χ4n) is 1.17. The van der Waals surface area contributed by atoms with Crippen molar-refractivity contribution in [2.75, 3.05) is 13.1 Å². The highest BCUT2D eigenvalue weighted by molar-refractivity contribution is 5.77. The van der Waals surface area contributed by atoms with Gasteiger partial charge in [0.2, 0.25) is 11.8 Å². The first-order valence-electron chi connectivity index (χ1n) is 6.22. The van der Waals surface area contributed by atoms with Gasteiger partial charge in [-0.2, -0.15) is 0 Å². The van der Waals surface area contributed by atoms with Crippen LogP contribution in [0.2, 0.25) is 0 Å². The molecule has 4 N–H and O–H groups in total. The van der Waals surface area contributed by atoms with Crippen molar-refractivity contribution in [3.63, 3.8) is 0 Å². The van der Waals surface area contributed by atoms with E-state index in [0.29, 0.717) is 13.0 Å². The largest absolute Gasteiger partial charge is 0.444 e. The Labute approximate surface area is 113 Å². The third-order valence-electron chi connectivity index (χ3n) is 1.94. The van der Waals surface area contributed by atoms with E-state index in [1.807, 2.05) is 0 Å². The van der Waals surface area contributed by atoms with Gasteiger partial charge in [0.1, 0.15) is 5.60 Å². The SMILES string of the molecule is CC(C)(C)OC(=O)NCCC(=O)NCCCC(N)=O. The summed E-state index contributed by atoms with van der Waals surface area (Å²) in [4.78, 5) is 33.0. The monoisotopic (exact) mass is 273 g/mol. The van der Waals surface area contributed by atoms with Crippen LogP contribution >= 0.6 is 0 Å². The van der Waals surface area contributed by atoms with Gasteiger partial charge in [0.25, 0.3) is 0 Å². The van der Waals surface area contributed by atoms with Crippen LogP contribution < -0.4 is 16.4 Å². The number of carbonyl (C=O) groups is 3. The number of nitrogens with one attached hydrogen (secondary N) is 2. The van der Waals surface area contributed by atoms with E-state index >= 15 is 0 Å². The van der Waals surface area contributed by atoms with E-state index in [1.165, 1.54) is 0 Å². The zero-order valence-corrected chi connectivity index (χ0v) is 11.7. The molecule has 0 atom stereocenters. The molecule has 0 bridgehead atoms. The molecule has 7 heteroatoms. The average molecular weight is 273 g/mol. The second kappa shape index (κ2) is 8.34. The molecule has 3 amide bonds. The number of hydrogen-bond acceptors (Lipinski definition) is 4. The van der Waals surface area contributed by atoms with Gasteiger partial charge in [0.15, 0.2) is 0 Å². The number of carbonyl (C=O) groups excluding carboxylic acids is 3. The highest BCUT2D eigenvalue weighted by Gasteiger charge is 2.15. The quantitative estimate of drug-likeness (QED) is 0.579. The smallest absolute Gasteiger partial charge is 0.407 e. The number of nitrogens with two attached hydrogens (primary N) is 1. The number of ether oxygens (including phenoxy) is 1. The lowest BCUT2D eigenvalue weighted by Gasteiger charge is -2.19. The van der Waals surface area contributed by atoms with Crippen molar-refractivity contribution < 1.29 is 19.1 Å². The minimum absolute atomic E-state index is 0.163. The Balaban J connectivity index is 3.58. The summed E-state index contributed by atoms with van der Waals surface area (Å²) in [6, 6.07) is 0. The maximum absolute atomic E-state index is 11.3. The Hall–Kier alpha value is -1.79. The Morgan fingerprint density at radius 3 is 2.21 bits per heavy atom. The van der Waals surface area contributed by atoms with Crippen LogP contribution in [0.3, 0.4) is 0 Å². The minimum Gasteiger partial charge on any atom is -0.444 e. The Morgan fingerprint density at radius 1 is 1.05 bits per heavy atom. The van der Waals surface area contributed by atoms with Crippen LogP contribution in [0.25, 0.3) is 0 Å². The van der Waals surface area contributed by atoms with Crippen molar-refractivity contribution in [2.24, 2.45) is 5.73 Å². The van der Waals surface area contributed by atoms with Crippen molar-refractivity contribution in [1.82, 2.24) is 10.6 Å². The van der Waals surface area contributed by atoms with Crippen LogP contribution in [0.5, 0.6) is 0 Å². The molecule has 0 radical (unpaired) electrons. The minimum atomic E-state index is -0.554. The molecule has 0 aliphatic rings. The number of rotatable bonds is 7. The molecular formula is C12H23N3O4. The summed E-state index contributed by atoms with van der Waals surface area (Å²) in [5, 5.41) is 5.10. The molecule has 0 aromatic rings. The summed E-state index contributed by atoms with van der Waals surface area (Å²) in [7, 11) is 0. The van der Waals surface area contributed by atoms with Gasteiger partial charge in [-0.15, -0.1) is 0 Å². The molecule has 0 saturated heterocycles. The predicted octanol–water partition coefficient (Wildman–Crippen LogP) is 0.283. The van der Waals surface area contributed by atoms with Crippen LogP contribution in [0.15, 0.2) is 0 Å².